The monoisotopic (exact) mass is 457 g/mol. The van der Waals surface area contributed by atoms with Gasteiger partial charge in [-0.3, -0.25) is 14.8 Å². The second kappa shape index (κ2) is 8.70. The van der Waals surface area contributed by atoms with E-state index in [-0.39, 0.29) is 17.6 Å². The topological polar surface area (TPSA) is 76.5 Å². The summed E-state index contributed by atoms with van der Waals surface area (Å²) in [6.45, 7) is 8.32. The fourth-order valence-electron chi connectivity index (χ4n) is 4.15. The van der Waals surface area contributed by atoms with Gasteiger partial charge in [0.1, 0.15) is 5.82 Å². The maximum Gasteiger partial charge on any atom is 0.264 e. The summed E-state index contributed by atoms with van der Waals surface area (Å²) in [7, 11) is 0. The second-order valence-corrected chi connectivity index (χ2v) is 9.10. The van der Waals surface area contributed by atoms with Crippen LogP contribution >= 0.6 is 11.3 Å². The second-order valence-electron chi connectivity index (χ2n) is 8.04. The van der Waals surface area contributed by atoms with E-state index < -0.39 is 5.82 Å². The van der Waals surface area contributed by atoms with E-state index in [1.807, 2.05) is 24.3 Å². The van der Waals surface area contributed by atoms with Gasteiger partial charge in [-0.25, -0.2) is 9.24 Å². The summed E-state index contributed by atoms with van der Waals surface area (Å²) in [5, 5.41) is 0. The smallest absolute Gasteiger partial charge is 0.264 e. The number of hydrogen-bond donors (Lipinski definition) is 1. The van der Waals surface area contributed by atoms with E-state index in [4.69, 9.17) is 12.3 Å². The summed E-state index contributed by atoms with van der Waals surface area (Å²) in [5.74, 6) is -0.652. The molecule has 3 heterocycles. The van der Waals surface area contributed by atoms with Crippen molar-refractivity contribution in [1.82, 2.24) is 14.9 Å². The molecule has 0 saturated carbocycles. The number of aromatic nitrogens is 2. The van der Waals surface area contributed by atoms with Gasteiger partial charge in [-0.1, -0.05) is 18.2 Å². The molecule has 1 fully saturated rings. The minimum atomic E-state index is -0.584. The lowest BCUT2D eigenvalue weighted by atomic mass is 10.0. The van der Waals surface area contributed by atoms with Gasteiger partial charge in [0, 0.05) is 42.0 Å². The molecule has 2 aromatic heterocycles. The molecule has 1 saturated heterocycles. The molecule has 1 aliphatic heterocycles. The zero-order chi connectivity index (χ0) is 22.9. The predicted molar refractivity (Wildman–Crippen MR) is 128 cm³/mol. The van der Waals surface area contributed by atoms with E-state index >= 15 is 0 Å². The van der Waals surface area contributed by atoms with Gasteiger partial charge < -0.3 is 10.6 Å². The van der Waals surface area contributed by atoms with E-state index in [0.29, 0.717) is 23.5 Å². The molecule has 0 aliphatic carbocycles. The molecule has 5 rings (SSSR count). The molecule has 4 aromatic rings. The highest BCUT2D eigenvalue weighted by Gasteiger charge is 2.26. The van der Waals surface area contributed by atoms with Crippen molar-refractivity contribution in [3.8, 4) is 21.6 Å². The third-order valence-electron chi connectivity index (χ3n) is 5.80. The van der Waals surface area contributed by atoms with Crippen molar-refractivity contribution in [3.05, 3.63) is 77.0 Å². The average Bonchev–Trinajstić information content (AvgIpc) is 3.29. The standard InChI is InChI=1S/C25H20FN5OS/c1-28-20-6-4-15(11-19(20)26)18-13-23(25(32)31-10-2-3-17(27)14-31)33-24(18)16-5-7-21-22(12-16)30-9-8-29-21/h4-9,11-13,17H,2-3,10,14,27H2/t17-/m1/s1. The number of rotatable bonds is 3. The van der Waals surface area contributed by atoms with Crippen molar-refractivity contribution in [2.75, 3.05) is 13.1 Å². The normalized spacial score (nSPS) is 16.0. The van der Waals surface area contributed by atoms with Crippen LogP contribution in [-0.4, -0.2) is 39.9 Å². The molecule has 1 aliphatic rings. The minimum Gasteiger partial charge on any atom is -0.336 e. The number of hydrogen-bond acceptors (Lipinski definition) is 5. The number of benzene rings is 2. The Morgan fingerprint density at radius 1 is 1.12 bits per heavy atom. The highest BCUT2D eigenvalue weighted by molar-refractivity contribution is 7.18. The predicted octanol–water partition coefficient (Wildman–Crippen LogP) is 5.28. The zero-order valence-corrected chi connectivity index (χ0v) is 18.5. The summed E-state index contributed by atoms with van der Waals surface area (Å²) in [5.41, 5.74) is 9.78. The molecule has 1 amide bonds. The molecule has 0 bridgehead atoms. The molecule has 2 aromatic carbocycles. The molecular formula is C25H20FN5OS. The Morgan fingerprint density at radius 2 is 1.91 bits per heavy atom. The van der Waals surface area contributed by atoms with Gasteiger partial charge in [0.05, 0.1) is 22.5 Å². The number of piperidine rings is 1. The summed E-state index contributed by atoms with van der Waals surface area (Å²) in [4.78, 5) is 28.4. The first-order valence-corrected chi connectivity index (χ1v) is 11.4. The molecule has 2 N–H and O–H groups in total. The number of halogens is 1. The molecule has 0 unspecified atom stereocenters. The van der Waals surface area contributed by atoms with Gasteiger partial charge in [-0.2, -0.15) is 0 Å². The quantitative estimate of drug-likeness (QED) is 0.425. The third-order valence-corrected chi connectivity index (χ3v) is 6.97. The first-order chi connectivity index (χ1) is 16.0. The summed E-state index contributed by atoms with van der Waals surface area (Å²) in [6.07, 6.45) is 5.06. The Kier molecular flexibility index (Phi) is 5.58. The van der Waals surface area contributed by atoms with Crippen LogP contribution in [0.15, 0.2) is 54.9 Å². The average molecular weight is 458 g/mol. The third kappa shape index (κ3) is 4.09. The Morgan fingerprint density at radius 3 is 2.67 bits per heavy atom. The highest BCUT2D eigenvalue weighted by atomic mass is 32.1. The van der Waals surface area contributed by atoms with Crippen molar-refractivity contribution in [2.24, 2.45) is 5.73 Å². The van der Waals surface area contributed by atoms with Crippen LogP contribution < -0.4 is 5.73 Å². The largest absolute Gasteiger partial charge is 0.336 e. The van der Waals surface area contributed by atoms with Crippen molar-refractivity contribution < 1.29 is 9.18 Å². The highest BCUT2D eigenvalue weighted by Crippen LogP contribution is 2.41. The fraction of sp³-hybridized carbons (Fsp3) is 0.200. The van der Waals surface area contributed by atoms with Crippen LogP contribution in [0.25, 0.3) is 37.4 Å². The Labute approximate surface area is 194 Å². The van der Waals surface area contributed by atoms with Crippen LogP contribution in [0.1, 0.15) is 22.5 Å². The minimum absolute atomic E-state index is 0.0177. The fourth-order valence-corrected chi connectivity index (χ4v) is 5.29. The lowest BCUT2D eigenvalue weighted by molar-refractivity contribution is 0.0714. The Bertz CT molecular complexity index is 1410. The van der Waals surface area contributed by atoms with E-state index in [1.54, 1.807) is 23.4 Å². The number of carbonyl (C=O) groups excluding carboxylic acids is 1. The lowest BCUT2D eigenvalue weighted by Gasteiger charge is -2.30. The molecular weight excluding hydrogens is 437 g/mol. The van der Waals surface area contributed by atoms with Crippen LogP contribution in [0.2, 0.25) is 0 Å². The van der Waals surface area contributed by atoms with Gasteiger partial charge in [0.15, 0.2) is 0 Å². The van der Waals surface area contributed by atoms with Crippen molar-refractivity contribution in [3.63, 3.8) is 0 Å². The molecule has 164 valence electrons. The lowest BCUT2D eigenvalue weighted by Crippen LogP contribution is -2.45. The molecule has 1 atom stereocenters. The first kappa shape index (κ1) is 21.2. The molecule has 33 heavy (non-hydrogen) atoms. The van der Waals surface area contributed by atoms with Gasteiger partial charge >= 0.3 is 0 Å². The maximum atomic E-state index is 14.5. The summed E-state index contributed by atoms with van der Waals surface area (Å²) < 4.78 is 14.5. The Balaban J connectivity index is 1.63. The molecule has 8 heteroatoms. The van der Waals surface area contributed by atoms with E-state index in [9.17, 15) is 9.18 Å². The van der Waals surface area contributed by atoms with Crippen LogP contribution in [0.3, 0.4) is 0 Å². The number of nitrogens with two attached hydrogens (primary N) is 1. The van der Waals surface area contributed by atoms with Gasteiger partial charge in [0.25, 0.3) is 5.91 Å². The van der Waals surface area contributed by atoms with E-state index in [2.05, 4.69) is 14.8 Å². The number of carbonyl (C=O) groups is 1. The van der Waals surface area contributed by atoms with Gasteiger partial charge in [-0.15, -0.1) is 11.3 Å². The Hall–Kier alpha value is -3.67. The molecule has 6 nitrogen and oxygen atoms in total. The van der Waals surface area contributed by atoms with Crippen LogP contribution in [-0.2, 0) is 0 Å². The SMILES string of the molecule is [C-]#[N+]c1ccc(-c2cc(C(=O)N3CCC[C@@H](N)C3)sc2-c2ccc3nccnc3c2)cc1F. The molecule has 0 radical (unpaired) electrons. The van der Waals surface area contributed by atoms with Crippen molar-refractivity contribution in [1.29, 1.82) is 0 Å². The first-order valence-electron chi connectivity index (χ1n) is 10.6. The number of amides is 1. The van der Waals surface area contributed by atoms with Gasteiger partial charge in [-0.05, 0) is 48.2 Å². The zero-order valence-electron chi connectivity index (χ0n) is 17.7. The molecule has 0 spiro atoms. The van der Waals surface area contributed by atoms with Crippen LogP contribution in [0.4, 0.5) is 10.1 Å². The van der Waals surface area contributed by atoms with Crippen molar-refractivity contribution >= 4 is 34.0 Å². The van der Waals surface area contributed by atoms with E-state index in [0.717, 1.165) is 39.9 Å². The maximum absolute atomic E-state index is 14.5. The van der Waals surface area contributed by atoms with Crippen LogP contribution in [0.5, 0.6) is 0 Å². The summed E-state index contributed by atoms with van der Waals surface area (Å²) >= 11 is 1.37. The number of fused-ring (bicyclic) bond motifs is 1. The number of likely N-dealkylation sites (tertiary alicyclic amines) is 1. The number of thiophene rings is 1. The number of nitrogens with zero attached hydrogens (tertiary/aromatic N) is 4. The van der Waals surface area contributed by atoms with E-state index in [1.165, 1.54) is 23.5 Å². The van der Waals surface area contributed by atoms with Gasteiger partial charge in [0.2, 0.25) is 5.69 Å². The summed E-state index contributed by atoms with van der Waals surface area (Å²) in [6, 6.07) is 12.1. The van der Waals surface area contributed by atoms with Crippen LogP contribution in [0, 0.1) is 12.4 Å². The van der Waals surface area contributed by atoms with Crippen molar-refractivity contribution in [2.45, 2.75) is 18.9 Å².